The van der Waals surface area contributed by atoms with Crippen molar-refractivity contribution >= 4 is 23.3 Å². The minimum absolute atomic E-state index is 0.0570. The van der Waals surface area contributed by atoms with Gasteiger partial charge in [0.05, 0.1) is 0 Å². The molecule has 2 aromatic carbocycles. The monoisotopic (exact) mass is 462 g/mol. The van der Waals surface area contributed by atoms with Gasteiger partial charge < -0.3 is 9.80 Å². The van der Waals surface area contributed by atoms with E-state index >= 15 is 0 Å². The van der Waals surface area contributed by atoms with Crippen LogP contribution in [0.15, 0.2) is 48.5 Å². The molecule has 172 valence electrons. The Morgan fingerprint density at radius 1 is 0.939 bits per heavy atom. The van der Waals surface area contributed by atoms with E-state index in [9.17, 15) is 4.79 Å². The van der Waals surface area contributed by atoms with Gasteiger partial charge in [-0.25, -0.2) is 9.97 Å². The normalized spacial score (nSPS) is 14.3. The van der Waals surface area contributed by atoms with Crippen LogP contribution in [-0.2, 0) is 12.8 Å². The summed E-state index contributed by atoms with van der Waals surface area (Å²) in [6.07, 6.45) is 2.57. The zero-order valence-corrected chi connectivity index (χ0v) is 20.4. The molecule has 0 unspecified atom stereocenters. The number of rotatable bonds is 5. The fraction of sp³-hybridized carbons (Fsp3) is 0.370. The summed E-state index contributed by atoms with van der Waals surface area (Å²) in [7, 11) is 0. The molecule has 0 saturated carbocycles. The Balaban J connectivity index is 1.58. The van der Waals surface area contributed by atoms with Crippen molar-refractivity contribution in [3.63, 3.8) is 0 Å². The predicted molar refractivity (Wildman–Crippen MR) is 134 cm³/mol. The zero-order chi connectivity index (χ0) is 23.4. The molecule has 0 spiro atoms. The molecule has 5 nitrogen and oxygen atoms in total. The molecule has 0 aliphatic carbocycles. The predicted octanol–water partition coefficient (Wildman–Crippen LogP) is 5.25. The molecular weight excluding hydrogens is 432 g/mol. The standard InChI is InChI=1S/C27H31ClN4O/c1-4-25-24(18-21-8-6-19(2)7-9-21)26(30-20(3)29-25)31-14-5-15-32(17-16-31)27(33)22-10-12-23(28)13-11-22/h6-13H,4-5,14-18H2,1-3H3. The summed E-state index contributed by atoms with van der Waals surface area (Å²) in [6.45, 7) is 9.23. The van der Waals surface area contributed by atoms with Crippen molar-refractivity contribution in [3.8, 4) is 0 Å². The third-order valence-corrected chi connectivity index (χ3v) is 6.44. The van der Waals surface area contributed by atoms with Crippen molar-refractivity contribution in [2.75, 3.05) is 31.1 Å². The van der Waals surface area contributed by atoms with Crippen LogP contribution in [0.1, 0.15) is 51.9 Å². The Kier molecular flexibility index (Phi) is 7.29. The molecule has 1 aliphatic heterocycles. The average Bonchev–Trinajstić information content (AvgIpc) is 3.07. The van der Waals surface area contributed by atoms with E-state index in [0.29, 0.717) is 17.1 Å². The van der Waals surface area contributed by atoms with Gasteiger partial charge in [0.1, 0.15) is 11.6 Å². The molecule has 0 N–H and O–H groups in total. The van der Waals surface area contributed by atoms with Crippen molar-refractivity contribution in [2.45, 2.75) is 40.0 Å². The van der Waals surface area contributed by atoms with Crippen LogP contribution in [0.4, 0.5) is 5.82 Å². The third-order valence-electron chi connectivity index (χ3n) is 6.19. The Hall–Kier alpha value is -2.92. The van der Waals surface area contributed by atoms with Crippen LogP contribution in [0.2, 0.25) is 5.02 Å². The molecule has 0 radical (unpaired) electrons. The molecule has 1 saturated heterocycles. The highest BCUT2D eigenvalue weighted by molar-refractivity contribution is 6.30. The van der Waals surface area contributed by atoms with Gasteiger partial charge in [-0.15, -0.1) is 0 Å². The van der Waals surface area contributed by atoms with Gasteiger partial charge in [-0.3, -0.25) is 4.79 Å². The van der Waals surface area contributed by atoms with Gasteiger partial charge in [-0.05, 0) is 56.5 Å². The fourth-order valence-corrected chi connectivity index (χ4v) is 4.52. The smallest absolute Gasteiger partial charge is 0.253 e. The molecular formula is C27H31ClN4O. The number of benzene rings is 2. The Labute approximate surface area is 201 Å². The van der Waals surface area contributed by atoms with Gasteiger partial charge in [0.2, 0.25) is 0 Å². The molecule has 1 aromatic heterocycles. The first-order chi connectivity index (χ1) is 15.9. The van der Waals surface area contributed by atoms with Crippen LogP contribution < -0.4 is 4.90 Å². The Morgan fingerprint density at radius 3 is 2.36 bits per heavy atom. The van der Waals surface area contributed by atoms with E-state index in [0.717, 1.165) is 56.2 Å². The van der Waals surface area contributed by atoms with Gasteiger partial charge in [0, 0.05) is 54.4 Å². The number of anilines is 1. The van der Waals surface area contributed by atoms with E-state index in [4.69, 9.17) is 21.6 Å². The third kappa shape index (κ3) is 5.53. The van der Waals surface area contributed by atoms with Crippen molar-refractivity contribution in [1.29, 1.82) is 0 Å². The highest BCUT2D eigenvalue weighted by Gasteiger charge is 2.24. The van der Waals surface area contributed by atoms with Crippen molar-refractivity contribution in [3.05, 3.63) is 87.3 Å². The van der Waals surface area contributed by atoms with Crippen LogP contribution in [-0.4, -0.2) is 47.0 Å². The maximum atomic E-state index is 13.0. The zero-order valence-electron chi connectivity index (χ0n) is 19.6. The SMILES string of the molecule is CCc1nc(C)nc(N2CCCN(C(=O)c3ccc(Cl)cc3)CC2)c1Cc1ccc(C)cc1. The number of aryl methyl sites for hydroxylation is 3. The number of hydrogen-bond acceptors (Lipinski definition) is 4. The minimum Gasteiger partial charge on any atom is -0.354 e. The van der Waals surface area contributed by atoms with Crippen molar-refractivity contribution in [1.82, 2.24) is 14.9 Å². The maximum Gasteiger partial charge on any atom is 0.253 e. The summed E-state index contributed by atoms with van der Waals surface area (Å²) >= 11 is 5.99. The first-order valence-electron chi connectivity index (χ1n) is 11.7. The van der Waals surface area contributed by atoms with Crippen LogP contribution in [0.5, 0.6) is 0 Å². The summed E-state index contributed by atoms with van der Waals surface area (Å²) in [5.74, 6) is 1.87. The lowest BCUT2D eigenvalue weighted by Crippen LogP contribution is -2.35. The summed E-state index contributed by atoms with van der Waals surface area (Å²) in [4.78, 5) is 27.0. The second-order valence-corrected chi connectivity index (χ2v) is 9.11. The van der Waals surface area contributed by atoms with E-state index in [1.807, 2.05) is 11.8 Å². The number of hydrogen-bond donors (Lipinski definition) is 0. The van der Waals surface area contributed by atoms with Crippen LogP contribution in [0.25, 0.3) is 0 Å². The quantitative estimate of drug-likeness (QED) is 0.519. The molecule has 4 rings (SSSR count). The molecule has 33 heavy (non-hydrogen) atoms. The number of nitrogens with zero attached hydrogens (tertiary/aromatic N) is 4. The van der Waals surface area contributed by atoms with Crippen molar-refractivity contribution in [2.24, 2.45) is 0 Å². The summed E-state index contributed by atoms with van der Waals surface area (Å²) in [5.41, 5.74) is 5.51. The highest BCUT2D eigenvalue weighted by Crippen LogP contribution is 2.26. The van der Waals surface area contributed by atoms with E-state index in [1.54, 1.807) is 24.3 Å². The molecule has 1 fully saturated rings. The van der Waals surface area contributed by atoms with Crippen LogP contribution in [0, 0.1) is 13.8 Å². The Morgan fingerprint density at radius 2 is 1.67 bits per heavy atom. The molecule has 2 heterocycles. The molecule has 1 amide bonds. The molecule has 3 aromatic rings. The summed E-state index contributed by atoms with van der Waals surface area (Å²) in [5, 5.41) is 0.639. The van der Waals surface area contributed by atoms with Gasteiger partial charge >= 0.3 is 0 Å². The van der Waals surface area contributed by atoms with Gasteiger partial charge in [0.25, 0.3) is 5.91 Å². The number of aromatic nitrogens is 2. The van der Waals surface area contributed by atoms with Crippen LogP contribution in [0.3, 0.4) is 0 Å². The van der Waals surface area contributed by atoms with Crippen molar-refractivity contribution < 1.29 is 4.79 Å². The first-order valence-corrected chi connectivity index (χ1v) is 12.0. The van der Waals surface area contributed by atoms with E-state index < -0.39 is 0 Å². The number of amides is 1. The maximum absolute atomic E-state index is 13.0. The largest absolute Gasteiger partial charge is 0.354 e. The second-order valence-electron chi connectivity index (χ2n) is 8.68. The minimum atomic E-state index is 0.0570. The van der Waals surface area contributed by atoms with Gasteiger partial charge in [-0.1, -0.05) is 48.4 Å². The number of carbonyl (C=O) groups excluding carboxylic acids is 1. The topological polar surface area (TPSA) is 49.3 Å². The fourth-order valence-electron chi connectivity index (χ4n) is 4.39. The number of carbonyl (C=O) groups is 1. The Bertz CT molecular complexity index is 1110. The summed E-state index contributed by atoms with van der Waals surface area (Å²) in [6, 6.07) is 15.8. The summed E-state index contributed by atoms with van der Waals surface area (Å²) < 4.78 is 0. The second kappa shape index (κ2) is 10.3. The lowest BCUT2D eigenvalue weighted by Gasteiger charge is -2.26. The van der Waals surface area contributed by atoms with E-state index in [1.165, 1.54) is 16.7 Å². The molecule has 0 atom stereocenters. The molecule has 1 aliphatic rings. The van der Waals surface area contributed by atoms with E-state index in [-0.39, 0.29) is 5.91 Å². The van der Waals surface area contributed by atoms with Gasteiger partial charge in [0.15, 0.2) is 0 Å². The van der Waals surface area contributed by atoms with Gasteiger partial charge in [-0.2, -0.15) is 0 Å². The lowest BCUT2D eigenvalue weighted by atomic mass is 10.0. The van der Waals surface area contributed by atoms with E-state index in [2.05, 4.69) is 43.0 Å². The highest BCUT2D eigenvalue weighted by atomic mass is 35.5. The van der Waals surface area contributed by atoms with Crippen LogP contribution >= 0.6 is 11.6 Å². The molecule has 6 heteroatoms. The lowest BCUT2D eigenvalue weighted by molar-refractivity contribution is 0.0767. The first kappa shape index (κ1) is 23.2. The average molecular weight is 463 g/mol. The molecule has 0 bridgehead atoms. The number of halogens is 1.